The van der Waals surface area contributed by atoms with E-state index in [1.807, 2.05) is 7.05 Å². The average molecular weight is 309 g/mol. The van der Waals surface area contributed by atoms with Crippen molar-refractivity contribution in [3.05, 3.63) is 5.69 Å². The minimum atomic E-state index is 0.860. The van der Waals surface area contributed by atoms with Crippen LogP contribution in [0.3, 0.4) is 0 Å². The highest BCUT2D eigenvalue weighted by atomic mass is 32.1. The summed E-state index contributed by atoms with van der Waals surface area (Å²) in [6.45, 7) is 4.46. The highest BCUT2D eigenvalue weighted by molar-refractivity contribution is 7.25. The van der Waals surface area contributed by atoms with E-state index in [4.69, 9.17) is 4.98 Å². The van der Waals surface area contributed by atoms with Gasteiger partial charge in [-0.3, -0.25) is 0 Å². The predicted molar refractivity (Wildman–Crippen MR) is 86.0 cm³/mol. The molecule has 108 valence electrons. The molecule has 2 aromatic rings. The topological polar surface area (TPSA) is 53.9 Å². The monoisotopic (exact) mass is 309 g/mol. The Morgan fingerprint density at radius 1 is 1.20 bits per heavy atom. The van der Waals surface area contributed by atoms with E-state index >= 15 is 0 Å². The molecule has 0 bridgehead atoms. The van der Waals surface area contributed by atoms with Gasteiger partial charge in [0, 0.05) is 20.1 Å². The summed E-state index contributed by atoms with van der Waals surface area (Å²) in [5.41, 5.74) is 1.18. The molecule has 0 aliphatic carbocycles. The molecule has 0 saturated carbocycles. The first-order valence-electron chi connectivity index (χ1n) is 7.08. The number of rotatable bonds is 5. The lowest BCUT2D eigenvalue weighted by Gasteiger charge is -2.12. The molecule has 1 N–H and O–H groups in total. The van der Waals surface area contributed by atoms with Gasteiger partial charge in [0.05, 0.1) is 10.6 Å². The summed E-state index contributed by atoms with van der Waals surface area (Å²) in [4.78, 5) is 8.45. The molecule has 0 spiro atoms. The number of thiazole rings is 1. The van der Waals surface area contributed by atoms with Crippen molar-refractivity contribution >= 4 is 32.9 Å². The SMILES string of the molecule is CCCc1nc(N2CCCC2)sc1-c1nnc(NC)s1. The fraction of sp³-hybridized carbons (Fsp3) is 0.615. The van der Waals surface area contributed by atoms with Crippen molar-refractivity contribution < 1.29 is 0 Å². The fourth-order valence-electron chi connectivity index (χ4n) is 2.37. The van der Waals surface area contributed by atoms with Crippen molar-refractivity contribution in [2.24, 2.45) is 0 Å². The number of nitrogens with zero attached hydrogens (tertiary/aromatic N) is 4. The Bertz CT molecular complexity index is 571. The maximum atomic E-state index is 4.86. The van der Waals surface area contributed by atoms with E-state index in [2.05, 4.69) is 27.3 Å². The number of nitrogens with one attached hydrogen (secondary N) is 1. The van der Waals surface area contributed by atoms with E-state index in [0.717, 1.165) is 41.2 Å². The molecule has 1 saturated heterocycles. The highest BCUT2D eigenvalue weighted by Gasteiger charge is 2.21. The normalized spacial score (nSPS) is 15.0. The third-order valence-electron chi connectivity index (χ3n) is 3.38. The molecule has 1 aliphatic rings. The van der Waals surface area contributed by atoms with Gasteiger partial charge in [-0.15, -0.1) is 10.2 Å². The third kappa shape index (κ3) is 2.64. The maximum absolute atomic E-state index is 4.86. The van der Waals surface area contributed by atoms with Crippen LogP contribution in [0.25, 0.3) is 9.88 Å². The van der Waals surface area contributed by atoms with Crippen molar-refractivity contribution in [1.29, 1.82) is 0 Å². The fourth-order valence-corrected chi connectivity index (χ4v) is 4.33. The Morgan fingerprint density at radius 3 is 2.65 bits per heavy atom. The summed E-state index contributed by atoms with van der Waals surface area (Å²) in [5.74, 6) is 0. The van der Waals surface area contributed by atoms with Gasteiger partial charge in [0.25, 0.3) is 0 Å². The maximum Gasteiger partial charge on any atom is 0.205 e. The van der Waals surface area contributed by atoms with Crippen LogP contribution in [0.5, 0.6) is 0 Å². The van der Waals surface area contributed by atoms with E-state index in [9.17, 15) is 0 Å². The minimum Gasteiger partial charge on any atom is -0.363 e. The molecule has 0 atom stereocenters. The third-order valence-corrected chi connectivity index (χ3v) is 5.64. The molecule has 1 fully saturated rings. The lowest BCUT2D eigenvalue weighted by atomic mass is 10.2. The number of hydrogen-bond donors (Lipinski definition) is 1. The molecule has 3 heterocycles. The second kappa shape index (κ2) is 6.05. The predicted octanol–water partition coefficient (Wildman–Crippen LogP) is 3.26. The second-order valence-corrected chi connectivity index (χ2v) is 6.83. The van der Waals surface area contributed by atoms with Gasteiger partial charge in [-0.25, -0.2) is 4.98 Å². The molecule has 20 heavy (non-hydrogen) atoms. The van der Waals surface area contributed by atoms with E-state index in [1.165, 1.54) is 23.4 Å². The first-order valence-corrected chi connectivity index (χ1v) is 8.71. The second-order valence-electron chi connectivity index (χ2n) is 4.88. The number of hydrogen-bond acceptors (Lipinski definition) is 7. The Balaban J connectivity index is 1.94. The van der Waals surface area contributed by atoms with Crippen LogP contribution in [-0.2, 0) is 6.42 Å². The average Bonchev–Trinajstić information content (AvgIpc) is 3.19. The summed E-state index contributed by atoms with van der Waals surface area (Å²) in [5, 5.41) is 14.5. The molecular formula is C13H19N5S2. The van der Waals surface area contributed by atoms with E-state index in [-0.39, 0.29) is 0 Å². The van der Waals surface area contributed by atoms with Crippen molar-refractivity contribution in [2.45, 2.75) is 32.6 Å². The van der Waals surface area contributed by atoms with Gasteiger partial charge in [-0.2, -0.15) is 0 Å². The standard InChI is InChI=1S/C13H19N5S2/c1-3-6-9-10(11-16-17-12(14-2)20-11)19-13(15-9)18-7-4-5-8-18/h3-8H2,1-2H3,(H,14,17). The number of anilines is 2. The van der Waals surface area contributed by atoms with Crippen LogP contribution >= 0.6 is 22.7 Å². The van der Waals surface area contributed by atoms with Crippen LogP contribution in [-0.4, -0.2) is 35.3 Å². The summed E-state index contributed by atoms with van der Waals surface area (Å²) >= 11 is 3.37. The Morgan fingerprint density at radius 2 is 2.00 bits per heavy atom. The van der Waals surface area contributed by atoms with Crippen LogP contribution in [0.1, 0.15) is 31.9 Å². The molecule has 1 aliphatic heterocycles. The minimum absolute atomic E-state index is 0.860. The zero-order chi connectivity index (χ0) is 13.9. The molecule has 2 aromatic heterocycles. The Hall–Kier alpha value is -1.21. The van der Waals surface area contributed by atoms with Gasteiger partial charge >= 0.3 is 0 Å². The molecule has 5 nitrogen and oxygen atoms in total. The van der Waals surface area contributed by atoms with Crippen LogP contribution < -0.4 is 10.2 Å². The van der Waals surface area contributed by atoms with Gasteiger partial charge in [0.1, 0.15) is 0 Å². The van der Waals surface area contributed by atoms with E-state index < -0.39 is 0 Å². The van der Waals surface area contributed by atoms with Gasteiger partial charge < -0.3 is 10.2 Å². The Labute approximate surface area is 127 Å². The summed E-state index contributed by atoms with van der Waals surface area (Å²) < 4.78 is 0. The first kappa shape index (κ1) is 13.8. The lowest BCUT2D eigenvalue weighted by molar-refractivity contribution is 0.879. The molecule has 0 amide bonds. The molecular weight excluding hydrogens is 290 g/mol. The molecule has 0 radical (unpaired) electrons. The molecule has 7 heteroatoms. The quantitative estimate of drug-likeness (QED) is 0.919. The van der Waals surface area contributed by atoms with Crippen LogP contribution in [0.4, 0.5) is 10.3 Å². The zero-order valence-corrected chi connectivity index (χ0v) is 13.5. The largest absolute Gasteiger partial charge is 0.363 e. The number of aromatic nitrogens is 3. The molecule has 0 aromatic carbocycles. The van der Waals surface area contributed by atoms with E-state index in [1.54, 1.807) is 22.7 Å². The van der Waals surface area contributed by atoms with Gasteiger partial charge in [0.15, 0.2) is 10.1 Å². The van der Waals surface area contributed by atoms with Crippen molar-refractivity contribution in [3.63, 3.8) is 0 Å². The Kier molecular flexibility index (Phi) is 4.16. The van der Waals surface area contributed by atoms with Crippen LogP contribution in [0.2, 0.25) is 0 Å². The summed E-state index contributed by atoms with van der Waals surface area (Å²) in [6.07, 6.45) is 4.67. The van der Waals surface area contributed by atoms with Crippen LogP contribution in [0.15, 0.2) is 0 Å². The van der Waals surface area contributed by atoms with Crippen molar-refractivity contribution in [2.75, 3.05) is 30.4 Å². The molecule has 0 unspecified atom stereocenters. The van der Waals surface area contributed by atoms with Gasteiger partial charge in [-0.1, -0.05) is 36.0 Å². The van der Waals surface area contributed by atoms with Crippen LogP contribution in [0, 0.1) is 0 Å². The molecule has 3 rings (SSSR count). The smallest absolute Gasteiger partial charge is 0.205 e. The van der Waals surface area contributed by atoms with Gasteiger partial charge in [0.2, 0.25) is 5.13 Å². The highest BCUT2D eigenvalue weighted by Crippen LogP contribution is 2.38. The van der Waals surface area contributed by atoms with Crippen molar-refractivity contribution in [1.82, 2.24) is 15.2 Å². The van der Waals surface area contributed by atoms with Crippen molar-refractivity contribution in [3.8, 4) is 9.88 Å². The number of aryl methyl sites for hydroxylation is 1. The zero-order valence-electron chi connectivity index (χ0n) is 11.8. The van der Waals surface area contributed by atoms with Gasteiger partial charge in [-0.05, 0) is 19.3 Å². The first-order chi connectivity index (χ1) is 9.81. The summed E-state index contributed by atoms with van der Waals surface area (Å²) in [6, 6.07) is 0. The lowest BCUT2D eigenvalue weighted by Crippen LogP contribution is -2.17. The van der Waals surface area contributed by atoms with E-state index in [0.29, 0.717) is 0 Å². The summed E-state index contributed by atoms with van der Waals surface area (Å²) in [7, 11) is 1.87.